The van der Waals surface area contributed by atoms with Crippen molar-refractivity contribution in [3.05, 3.63) is 35.9 Å². The second-order valence-corrected chi connectivity index (χ2v) is 6.13. The van der Waals surface area contributed by atoms with Gasteiger partial charge >= 0.3 is 0 Å². The SMILES string of the molecule is CN(C(=O)C1(c2ccccc2)CC1)C1CCC(=O)CC1. The van der Waals surface area contributed by atoms with E-state index in [0.717, 1.165) is 31.2 Å². The number of likely N-dealkylation sites (N-methyl/N-ethyl adjacent to an activating group) is 1. The summed E-state index contributed by atoms with van der Waals surface area (Å²) in [6.07, 6.45) is 4.80. The normalized spacial score (nSPS) is 21.6. The molecule has 0 aromatic heterocycles. The number of hydrogen-bond acceptors (Lipinski definition) is 2. The Bertz CT molecular complexity index is 509. The quantitative estimate of drug-likeness (QED) is 0.847. The average molecular weight is 271 g/mol. The van der Waals surface area contributed by atoms with E-state index in [4.69, 9.17) is 0 Å². The van der Waals surface area contributed by atoms with E-state index in [0.29, 0.717) is 18.6 Å². The fraction of sp³-hybridized carbons (Fsp3) is 0.529. The molecule has 20 heavy (non-hydrogen) atoms. The number of hydrogen-bond donors (Lipinski definition) is 0. The third-order valence-corrected chi connectivity index (χ3v) is 4.87. The smallest absolute Gasteiger partial charge is 0.233 e. The van der Waals surface area contributed by atoms with Crippen LogP contribution in [0.25, 0.3) is 0 Å². The number of Topliss-reactive ketones (excluding diaryl/α,β-unsaturated/α-hetero) is 1. The van der Waals surface area contributed by atoms with Crippen molar-refractivity contribution in [1.29, 1.82) is 0 Å². The zero-order valence-electron chi connectivity index (χ0n) is 12.0. The molecule has 2 saturated carbocycles. The van der Waals surface area contributed by atoms with E-state index in [-0.39, 0.29) is 17.4 Å². The van der Waals surface area contributed by atoms with Crippen molar-refractivity contribution in [3.63, 3.8) is 0 Å². The number of carbonyl (C=O) groups is 2. The summed E-state index contributed by atoms with van der Waals surface area (Å²) in [4.78, 5) is 26.1. The maximum atomic E-state index is 12.8. The van der Waals surface area contributed by atoms with Gasteiger partial charge in [0.1, 0.15) is 5.78 Å². The van der Waals surface area contributed by atoms with Gasteiger partial charge < -0.3 is 4.90 Å². The lowest BCUT2D eigenvalue weighted by Crippen LogP contribution is -2.44. The molecule has 0 unspecified atom stereocenters. The summed E-state index contributed by atoms with van der Waals surface area (Å²) in [5.41, 5.74) is 0.862. The van der Waals surface area contributed by atoms with Crippen LogP contribution in [0.3, 0.4) is 0 Å². The highest BCUT2D eigenvalue weighted by Gasteiger charge is 2.53. The van der Waals surface area contributed by atoms with Gasteiger partial charge in [0, 0.05) is 25.9 Å². The second-order valence-electron chi connectivity index (χ2n) is 6.13. The maximum absolute atomic E-state index is 12.8. The van der Waals surface area contributed by atoms with Crippen molar-refractivity contribution in [2.75, 3.05) is 7.05 Å². The van der Waals surface area contributed by atoms with Gasteiger partial charge in [-0.25, -0.2) is 0 Å². The summed E-state index contributed by atoms with van der Waals surface area (Å²) < 4.78 is 0. The number of amides is 1. The van der Waals surface area contributed by atoms with Gasteiger partial charge in [0.05, 0.1) is 5.41 Å². The first kappa shape index (κ1) is 13.3. The molecular weight excluding hydrogens is 250 g/mol. The number of nitrogens with zero attached hydrogens (tertiary/aromatic N) is 1. The molecule has 1 aromatic carbocycles. The molecule has 0 N–H and O–H groups in total. The van der Waals surface area contributed by atoms with Crippen molar-refractivity contribution in [3.8, 4) is 0 Å². The zero-order chi connectivity index (χ0) is 14.2. The second kappa shape index (κ2) is 5.04. The number of benzene rings is 1. The molecular formula is C17H21NO2. The number of rotatable bonds is 3. The molecule has 2 fully saturated rings. The highest BCUT2D eigenvalue weighted by Crippen LogP contribution is 2.49. The third kappa shape index (κ3) is 2.26. The fourth-order valence-corrected chi connectivity index (χ4v) is 3.32. The summed E-state index contributed by atoms with van der Waals surface area (Å²) in [5.74, 6) is 0.578. The van der Waals surface area contributed by atoms with Crippen LogP contribution in [-0.2, 0) is 15.0 Å². The molecule has 3 heteroatoms. The Morgan fingerprint density at radius 2 is 1.75 bits per heavy atom. The maximum Gasteiger partial charge on any atom is 0.233 e. The number of carbonyl (C=O) groups excluding carboxylic acids is 2. The molecule has 2 aliphatic rings. The molecule has 0 saturated heterocycles. The average Bonchev–Trinajstić information content (AvgIpc) is 3.29. The lowest BCUT2D eigenvalue weighted by Gasteiger charge is -2.33. The molecule has 1 aromatic rings. The molecule has 2 aliphatic carbocycles. The van der Waals surface area contributed by atoms with Crippen LogP contribution in [0.1, 0.15) is 44.1 Å². The van der Waals surface area contributed by atoms with Crippen LogP contribution in [0, 0.1) is 0 Å². The lowest BCUT2D eigenvalue weighted by atomic mass is 9.90. The highest BCUT2D eigenvalue weighted by molar-refractivity contribution is 5.91. The molecule has 0 radical (unpaired) electrons. The molecule has 106 valence electrons. The summed E-state index contributed by atoms with van der Waals surface area (Å²) in [7, 11) is 1.91. The van der Waals surface area contributed by atoms with Gasteiger partial charge in [-0.15, -0.1) is 0 Å². The third-order valence-electron chi connectivity index (χ3n) is 4.87. The minimum absolute atomic E-state index is 0.237. The van der Waals surface area contributed by atoms with Gasteiger partial charge in [-0.1, -0.05) is 30.3 Å². The summed E-state index contributed by atoms with van der Waals surface area (Å²) in [5, 5.41) is 0. The number of ketones is 1. The van der Waals surface area contributed by atoms with E-state index in [1.54, 1.807) is 0 Å². The van der Waals surface area contributed by atoms with E-state index in [2.05, 4.69) is 12.1 Å². The summed E-state index contributed by atoms with van der Waals surface area (Å²) >= 11 is 0. The Labute approximate surface area is 120 Å². The molecule has 3 rings (SSSR count). The Balaban J connectivity index is 1.74. The fourth-order valence-electron chi connectivity index (χ4n) is 3.32. The standard InChI is InChI=1S/C17H21NO2/c1-18(14-7-9-15(19)10-8-14)16(20)17(11-12-17)13-5-3-2-4-6-13/h2-6,14H,7-12H2,1H3. The molecule has 0 aliphatic heterocycles. The largest absolute Gasteiger partial charge is 0.342 e. The van der Waals surface area contributed by atoms with Crippen LogP contribution in [0.4, 0.5) is 0 Å². The highest BCUT2D eigenvalue weighted by atomic mass is 16.2. The first-order valence-corrected chi connectivity index (χ1v) is 7.48. The molecule has 1 amide bonds. The molecule has 0 bridgehead atoms. The minimum Gasteiger partial charge on any atom is -0.342 e. The predicted octanol–water partition coefficient (Wildman–Crippen LogP) is 2.69. The van der Waals surface area contributed by atoms with Crippen LogP contribution in [0.15, 0.2) is 30.3 Å². The van der Waals surface area contributed by atoms with Crippen molar-refractivity contribution >= 4 is 11.7 Å². The van der Waals surface area contributed by atoms with Crippen molar-refractivity contribution in [1.82, 2.24) is 4.90 Å². The lowest BCUT2D eigenvalue weighted by molar-refractivity contribution is -0.136. The molecule has 0 atom stereocenters. The monoisotopic (exact) mass is 271 g/mol. The molecule has 0 spiro atoms. The zero-order valence-corrected chi connectivity index (χ0v) is 12.0. The van der Waals surface area contributed by atoms with Crippen molar-refractivity contribution < 1.29 is 9.59 Å². The van der Waals surface area contributed by atoms with Crippen LogP contribution in [0.2, 0.25) is 0 Å². The van der Waals surface area contributed by atoms with Crippen LogP contribution in [0.5, 0.6) is 0 Å². The Morgan fingerprint density at radius 3 is 2.30 bits per heavy atom. The minimum atomic E-state index is -0.280. The van der Waals surface area contributed by atoms with E-state index in [1.165, 1.54) is 0 Å². The summed E-state index contributed by atoms with van der Waals surface area (Å²) in [6.45, 7) is 0. The Morgan fingerprint density at radius 1 is 1.15 bits per heavy atom. The van der Waals surface area contributed by atoms with Gasteiger partial charge in [-0.05, 0) is 31.2 Å². The van der Waals surface area contributed by atoms with E-state index in [1.807, 2.05) is 30.1 Å². The van der Waals surface area contributed by atoms with Gasteiger partial charge in [0.25, 0.3) is 0 Å². The first-order valence-electron chi connectivity index (χ1n) is 7.48. The predicted molar refractivity (Wildman–Crippen MR) is 77.4 cm³/mol. The Hall–Kier alpha value is -1.64. The van der Waals surface area contributed by atoms with Crippen LogP contribution < -0.4 is 0 Å². The first-order chi connectivity index (χ1) is 9.63. The topological polar surface area (TPSA) is 37.4 Å². The van der Waals surface area contributed by atoms with Crippen molar-refractivity contribution in [2.24, 2.45) is 0 Å². The van der Waals surface area contributed by atoms with Gasteiger partial charge in [-0.3, -0.25) is 9.59 Å². The molecule has 0 heterocycles. The van der Waals surface area contributed by atoms with Gasteiger partial charge in [-0.2, -0.15) is 0 Å². The van der Waals surface area contributed by atoms with Crippen molar-refractivity contribution in [2.45, 2.75) is 50.0 Å². The Kier molecular flexibility index (Phi) is 3.36. The van der Waals surface area contributed by atoms with E-state index < -0.39 is 0 Å². The summed E-state index contributed by atoms with van der Waals surface area (Å²) in [6, 6.07) is 10.3. The van der Waals surface area contributed by atoms with Crippen LogP contribution in [-0.4, -0.2) is 29.7 Å². The van der Waals surface area contributed by atoms with Gasteiger partial charge in [0.15, 0.2) is 0 Å². The molecule has 3 nitrogen and oxygen atoms in total. The van der Waals surface area contributed by atoms with E-state index in [9.17, 15) is 9.59 Å². The van der Waals surface area contributed by atoms with Gasteiger partial charge in [0.2, 0.25) is 5.91 Å². The van der Waals surface area contributed by atoms with E-state index >= 15 is 0 Å². The van der Waals surface area contributed by atoms with Crippen LogP contribution >= 0.6 is 0 Å².